The van der Waals surface area contributed by atoms with Gasteiger partial charge < -0.3 is 15.2 Å². The highest BCUT2D eigenvalue weighted by molar-refractivity contribution is 7.22. The van der Waals surface area contributed by atoms with E-state index in [1.165, 1.54) is 11.3 Å². The quantitative estimate of drug-likeness (QED) is 0.553. The van der Waals surface area contributed by atoms with Crippen molar-refractivity contribution in [1.29, 1.82) is 0 Å². The summed E-state index contributed by atoms with van der Waals surface area (Å²) in [5, 5.41) is 13.5. The zero-order valence-electron chi connectivity index (χ0n) is 14.9. The molecule has 7 nitrogen and oxygen atoms in total. The van der Waals surface area contributed by atoms with Gasteiger partial charge in [-0.2, -0.15) is 0 Å². The van der Waals surface area contributed by atoms with Gasteiger partial charge in [0, 0.05) is 5.56 Å². The maximum atomic E-state index is 12.6. The van der Waals surface area contributed by atoms with Crippen molar-refractivity contribution < 1.29 is 14.6 Å². The van der Waals surface area contributed by atoms with E-state index in [1.54, 1.807) is 13.2 Å². The molecule has 0 spiro atoms. The lowest BCUT2D eigenvalue weighted by Gasteiger charge is -2.12. The third kappa shape index (κ3) is 3.59. The summed E-state index contributed by atoms with van der Waals surface area (Å²) in [6, 6.07) is 10.5. The molecule has 1 aliphatic heterocycles. The molecule has 2 aromatic carbocycles. The van der Waals surface area contributed by atoms with Crippen molar-refractivity contribution in [2.45, 2.75) is 25.4 Å². The second kappa shape index (κ2) is 7.15. The number of benzene rings is 2. The molecule has 2 heterocycles. The van der Waals surface area contributed by atoms with E-state index in [1.807, 2.05) is 37.3 Å². The van der Waals surface area contributed by atoms with E-state index in [4.69, 9.17) is 4.74 Å². The summed E-state index contributed by atoms with van der Waals surface area (Å²) >= 11 is 1.40. The van der Waals surface area contributed by atoms with Crippen molar-refractivity contribution in [2.24, 2.45) is 0 Å². The highest BCUT2D eigenvalue weighted by atomic mass is 32.1. The molecular weight excluding hydrogens is 364 g/mol. The summed E-state index contributed by atoms with van der Waals surface area (Å²) in [4.78, 5) is 17.1. The average Bonchev–Trinajstić information content (AvgIpc) is 3.29. The van der Waals surface area contributed by atoms with Crippen molar-refractivity contribution in [3.8, 4) is 11.5 Å². The molecule has 0 radical (unpaired) electrons. The van der Waals surface area contributed by atoms with Crippen molar-refractivity contribution in [1.82, 2.24) is 15.8 Å². The predicted octanol–water partition coefficient (Wildman–Crippen LogP) is 2.87. The first kappa shape index (κ1) is 17.7. The number of phenolic OH excluding ortho intramolecular Hbond substituents is 1. The number of ether oxygens (including phenoxy) is 1. The van der Waals surface area contributed by atoms with E-state index >= 15 is 0 Å². The first-order valence-corrected chi connectivity index (χ1v) is 9.41. The molecule has 4 rings (SSSR count). The fraction of sp³-hybridized carbons (Fsp3) is 0.263. The number of aryl methyl sites for hydroxylation is 1. The number of methoxy groups -OCH3 is 1. The van der Waals surface area contributed by atoms with Crippen LogP contribution in [-0.4, -0.2) is 29.1 Å². The Morgan fingerprint density at radius 2 is 2.15 bits per heavy atom. The number of hydrogen-bond acceptors (Lipinski definition) is 7. The number of phenols is 1. The zero-order valence-corrected chi connectivity index (χ0v) is 15.8. The number of anilines is 1. The molecule has 1 aromatic heterocycles. The number of carbonyl (C=O) groups excluding carboxylic acids is 1. The van der Waals surface area contributed by atoms with E-state index < -0.39 is 6.04 Å². The van der Waals surface area contributed by atoms with Crippen molar-refractivity contribution in [3.63, 3.8) is 0 Å². The lowest BCUT2D eigenvalue weighted by molar-refractivity contribution is -0.117. The van der Waals surface area contributed by atoms with E-state index in [0.717, 1.165) is 27.1 Å². The minimum absolute atomic E-state index is 0.139. The van der Waals surface area contributed by atoms with Gasteiger partial charge in [0.25, 0.3) is 0 Å². The van der Waals surface area contributed by atoms with Gasteiger partial charge in [-0.25, -0.2) is 15.8 Å². The van der Waals surface area contributed by atoms with Crippen LogP contribution in [0.4, 0.5) is 5.13 Å². The summed E-state index contributed by atoms with van der Waals surface area (Å²) in [5.74, 6) is 0.815. The average molecular weight is 384 g/mol. The van der Waals surface area contributed by atoms with Gasteiger partial charge in [0.1, 0.15) is 17.5 Å². The van der Waals surface area contributed by atoms with Gasteiger partial charge in [0.05, 0.1) is 23.4 Å². The number of fused-ring (bicyclic) bond motifs is 1. The van der Waals surface area contributed by atoms with Crippen molar-refractivity contribution >= 4 is 32.6 Å². The van der Waals surface area contributed by atoms with Crippen molar-refractivity contribution in [3.05, 3.63) is 47.5 Å². The molecule has 1 amide bonds. The van der Waals surface area contributed by atoms with Crippen LogP contribution in [0.3, 0.4) is 0 Å². The maximum Gasteiger partial charge on any atom is 0.244 e. The van der Waals surface area contributed by atoms with Crippen molar-refractivity contribution in [2.75, 3.05) is 12.4 Å². The molecule has 8 heteroatoms. The van der Waals surface area contributed by atoms with Gasteiger partial charge in [-0.3, -0.25) is 4.79 Å². The molecule has 4 N–H and O–H groups in total. The van der Waals surface area contributed by atoms with Crippen LogP contribution in [0.2, 0.25) is 0 Å². The Bertz CT molecular complexity index is 1000. The monoisotopic (exact) mass is 384 g/mol. The number of hydrogen-bond donors (Lipinski definition) is 4. The number of carbonyl (C=O) groups is 1. The number of rotatable bonds is 4. The normalized spacial score (nSPS) is 19.3. The lowest BCUT2D eigenvalue weighted by Crippen LogP contribution is -2.39. The molecule has 1 fully saturated rings. The van der Waals surface area contributed by atoms with Crippen LogP contribution in [0.25, 0.3) is 10.2 Å². The van der Waals surface area contributed by atoms with Gasteiger partial charge in [-0.1, -0.05) is 29.0 Å². The Morgan fingerprint density at radius 3 is 2.96 bits per heavy atom. The van der Waals surface area contributed by atoms with Gasteiger partial charge >= 0.3 is 0 Å². The summed E-state index contributed by atoms with van der Waals surface area (Å²) in [5.41, 5.74) is 8.76. The smallest absolute Gasteiger partial charge is 0.244 e. The second-order valence-corrected chi connectivity index (χ2v) is 7.56. The van der Waals surface area contributed by atoms with Gasteiger partial charge in [0.2, 0.25) is 5.91 Å². The predicted molar refractivity (Wildman–Crippen MR) is 105 cm³/mol. The number of nitrogens with zero attached hydrogens (tertiary/aromatic N) is 1. The largest absolute Gasteiger partial charge is 0.508 e. The van der Waals surface area contributed by atoms with Crippen LogP contribution in [0.5, 0.6) is 11.5 Å². The third-order valence-electron chi connectivity index (χ3n) is 4.60. The SMILES string of the molecule is COc1ccc2nc(NC(=O)C3CC(c4cc(C)ccc4O)NN3)sc2c1. The molecule has 0 aliphatic carbocycles. The number of thiazole rings is 1. The molecule has 140 valence electrons. The van der Waals surface area contributed by atoms with Gasteiger partial charge in [0.15, 0.2) is 5.13 Å². The van der Waals surface area contributed by atoms with Crippen LogP contribution < -0.4 is 20.9 Å². The summed E-state index contributed by atoms with van der Waals surface area (Å²) in [6.45, 7) is 1.97. The summed E-state index contributed by atoms with van der Waals surface area (Å²) in [6.07, 6.45) is 0.529. The van der Waals surface area contributed by atoms with E-state index in [0.29, 0.717) is 11.6 Å². The Kier molecular flexibility index (Phi) is 4.69. The standard InChI is InChI=1S/C19H20N4O3S/c1-10-3-6-16(24)12(7-10)14-9-15(23-22-14)18(25)21-19-20-13-5-4-11(26-2)8-17(13)27-19/h3-8,14-15,22-24H,9H2,1-2H3,(H,20,21,25). The molecule has 2 atom stereocenters. The number of hydrazine groups is 1. The van der Waals surface area contributed by atoms with E-state index in [2.05, 4.69) is 21.2 Å². The Hall–Kier alpha value is -2.68. The van der Waals surface area contributed by atoms with Crippen LogP contribution in [0.1, 0.15) is 23.6 Å². The molecule has 1 saturated heterocycles. The van der Waals surface area contributed by atoms with Crippen LogP contribution >= 0.6 is 11.3 Å². The Balaban J connectivity index is 1.45. The summed E-state index contributed by atoms with van der Waals surface area (Å²) < 4.78 is 6.17. The molecular formula is C19H20N4O3S. The number of aromatic nitrogens is 1. The number of aromatic hydroxyl groups is 1. The summed E-state index contributed by atoms with van der Waals surface area (Å²) in [7, 11) is 1.62. The minimum Gasteiger partial charge on any atom is -0.508 e. The zero-order chi connectivity index (χ0) is 19.0. The fourth-order valence-corrected chi connectivity index (χ4v) is 4.06. The van der Waals surface area contributed by atoms with Gasteiger partial charge in [-0.05, 0) is 37.6 Å². The Morgan fingerprint density at radius 1 is 1.30 bits per heavy atom. The molecule has 3 aromatic rings. The Labute approximate surface area is 160 Å². The number of amides is 1. The first-order chi connectivity index (χ1) is 13.0. The molecule has 27 heavy (non-hydrogen) atoms. The molecule has 1 aliphatic rings. The van der Waals surface area contributed by atoms with Crippen LogP contribution in [0, 0.1) is 6.92 Å². The lowest BCUT2D eigenvalue weighted by atomic mass is 9.99. The highest BCUT2D eigenvalue weighted by Crippen LogP contribution is 2.32. The minimum atomic E-state index is -0.420. The van der Waals surface area contributed by atoms with E-state index in [9.17, 15) is 9.90 Å². The number of nitrogens with one attached hydrogen (secondary N) is 3. The molecule has 2 unspecified atom stereocenters. The first-order valence-electron chi connectivity index (χ1n) is 8.59. The fourth-order valence-electron chi connectivity index (χ4n) is 3.16. The topological polar surface area (TPSA) is 95.5 Å². The van der Waals surface area contributed by atoms with Crippen LogP contribution in [0.15, 0.2) is 36.4 Å². The molecule has 0 bridgehead atoms. The van der Waals surface area contributed by atoms with Gasteiger partial charge in [-0.15, -0.1) is 0 Å². The third-order valence-corrected chi connectivity index (χ3v) is 5.54. The maximum absolute atomic E-state index is 12.6. The molecule has 0 saturated carbocycles. The van der Waals surface area contributed by atoms with E-state index in [-0.39, 0.29) is 17.7 Å². The highest BCUT2D eigenvalue weighted by Gasteiger charge is 2.31. The second-order valence-electron chi connectivity index (χ2n) is 6.53. The van der Waals surface area contributed by atoms with Crippen LogP contribution in [-0.2, 0) is 4.79 Å².